The molecule has 0 unspecified atom stereocenters. The number of nitrogens with one attached hydrogen (secondary N) is 2. The molecule has 0 radical (unpaired) electrons. The Balaban J connectivity index is 2.98. The fourth-order valence-corrected chi connectivity index (χ4v) is 2.49. The zero-order chi connectivity index (χ0) is 14.6. The number of rotatable bonds is 5. The van der Waals surface area contributed by atoms with Gasteiger partial charge >= 0.3 is 0 Å². The van der Waals surface area contributed by atoms with Crippen LogP contribution in [0.15, 0.2) is 23.1 Å². The number of hydrogen-bond acceptors (Lipinski definition) is 4. The van der Waals surface area contributed by atoms with Crippen LogP contribution in [0.5, 0.6) is 0 Å². The van der Waals surface area contributed by atoms with Crippen LogP contribution >= 0.6 is 0 Å². The van der Waals surface area contributed by atoms with E-state index in [4.69, 9.17) is 5.11 Å². The monoisotopic (exact) mass is 290 g/mol. The summed E-state index contributed by atoms with van der Waals surface area (Å²) in [6.45, 7) is 2.45. The molecule has 1 amide bonds. The first kappa shape index (κ1) is 15.5. The molecule has 19 heavy (non-hydrogen) atoms. The van der Waals surface area contributed by atoms with Gasteiger partial charge in [-0.1, -0.05) is 0 Å². The number of carbonyl (C=O) groups excluding carboxylic acids is 1. The Morgan fingerprint density at radius 2 is 2.11 bits per heavy atom. The number of amides is 1. The van der Waals surface area contributed by atoms with Gasteiger partial charge in [0.05, 0.1) is 6.10 Å². The van der Waals surface area contributed by atoms with Gasteiger partial charge in [-0.3, -0.25) is 4.79 Å². The maximum absolute atomic E-state index is 13.7. The van der Waals surface area contributed by atoms with E-state index in [1.807, 2.05) is 0 Å². The Morgan fingerprint density at radius 1 is 1.47 bits per heavy atom. The van der Waals surface area contributed by atoms with Crippen molar-refractivity contribution < 1.29 is 22.7 Å². The van der Waals surface area contributed by atoms with Crippen LogP contribution in [-0.2, 0) is 14.8 Å². The normalized spacial score (nSPS) is 13.1. The summed E-state index contributed by atoms with van der Waals surface area (Å²) in [5.41, 5.74) is 0.166. The van der Waals surface area contributed by atoms with Crippen molar-refractivity contribution in [1.29, 1.82) is 0 Å². The lowest BCUT2D eigenvalue weighted by atomic mass is 10.3. The summed E-state index contributed by atoms with van der Waals surface area (Å²) in [6, 6.07) is 3.24. The molecule has 8 heteroatoms. The van der Waals surface area contributed by atoms with Crippen molar-refractivity contribution in [2.75, 3.05) is 11.9 Å². The van der Waals surface area contributed by atoms with E-state index >= 15 is 0 Å². The summed E-state index contributed by atoms with van der Waals surface area (Å²) in [5.74, 6) is -1.37. The lowest BCUT2D eigenvalue weighted by Crippen LogP contribution is -2.31. The van der Waals surface area contributed by atoms with Crippen LogP contribution in [0.25, 0.3) is 0 Å². The van der Waals surface area contributed by atoms with Gasteiger partial charge in [0.25, 0.3) is 0 Å². The average Bonchev–Trinajstić information content (AvgIpc) is 2.25. The van der Waals surface area contributed by atoms with Gasteiger partial charge in [0.15, 0.2) is 0 Å². The molecule has 0 saturated carbocycles. The Labute approximate surface area is 110 Å². The Bertz CT molecular complexity index is 572. The summed E-state index contributed by atoms with van der Waals surface area (Å²) < 4.78 is 39.2. The maximum atomic E-state index is 13.7. The van der Waals surface area contributed by atoms with E-state index in [0.717, 1.165) is 12.1 Å². The molecule has 0 fully saturated rings. The zero-order valence-corrected chi connectivity index (χ0v) is 11.3. The average molecular weight is 290 g/mol. The van der Waals surface area contributed by atoms with Gasteiger partial charge in [-0.25, -0.2) is 17.5 Å². The molecular weight excluding hydrogens is 275 g/mol. The second-order valence-corrected chi connectivity index (χ2v) is 5.76. The predicted octanol–water partition coefficient (Wildman–Crippen LogP) is 0.443. The highest BCUT2D eigenvalue weighted by molar-refractivity contribution is 7.89. The predicted molar refractivity (Wildman–Crippen MR) is 67.6 cm³/mol. The Hall–Kier alpha value is -1.51. The van der Waals surface area contributed by atoms with Crippen molar-refractivity contribution in [3.8, 4) is 0 Å². The van der Waals surface area contributed by atoms with Gasteiger partial charge in [0.2, 0.25) is 15.9 Å². The number of aliphatic hydroxyl groups is 1. The van der Waals surface area contributed by atoms with Crippen LogP contribution in [0, 0.1) is 5.82 Å². The summed E-state index contributed by atoms with van der Waals surface area (Å²) in [4.78, 5) is 10.3. The number of sulfonamides is 1. The molecule has 106 valence electrons. The highest BCUT2D eigenvalue weighted by Crippen LogP contribution is 2.18. The minimum absolute atomic E-state index is 0.166. The van der Waals surface area contributed by atoms with E-state index in [-0.39, 0.29) is 18.1 Å². The third-order valence-electron chi connectivity index (χ3n) is 2.11. The number of benzene rings is 1. The standard InChI is InChI=1S/C11H15FN2O4S/c1-7(15)6-13-19(17,18)11-4-3-9(5-10(11)12)14-8(2)16/h3-5,7,13,15H,6H2,1-2H3,(H,14,16)/t7-/m0/s1. The summed E-state index contributed by atoms with van der Waals surface area (Å²) in [7, 11) is -4.03. The van der Waals surface area contributed by atoms with Gasteiger partial charge < -0.3 is 10.4 Å². The molecule has 6 nitrogen and oxygen atoms in total. The molecule has 0 aromatic heterocycles. The zero-order valence-electron chi connectivity index (χ0n) is 10.5. The molecule has 0 aliphatic heterocycles. The molecule has 1 rings (SSSR count). The second kappa shape index (κ2) is 6.09. The fraction of sp³-hybridized carbons (Fsp3) is 0.364. The van der Waals surface area contributed by atoms with Crippen LogP contribution in [0.4, 0.5) is 10.1 Å². The van der Waals surface area contributed by atoms with Crippen LogP contribution in [0.2, 0.25) is 0 Å². The van der Waals surface area contributed by atoms with E-state index in [9.17, 15) is 17.6 Å². The molecular formula is C11H15FN2O4S. The first-order valence-corrected chi connectivity index (χ1v) is 6.95. The number of anilines is 1. The third kappa shape index (κ3) is 4.58. The van der Waals surface area contributed by atoms with Crippen molar-refractivity contribution >= 4 is 21.6 Å². The summed E-state index contributed by atoms with van der Waals surface area (Å²) in [6.07, 6.45) is -0.878. The molecule has 0 bridgehead atoms. The number of halogens is 1. The first-order valence-electron chi connectivity index (χ1n) is 5.47. The van der Waals surface area contributed by atoms with Crippen molar-refractivity contribution in [1.82, 2.24) is 4.72 Å². The number of hydrogen-bond donors (Lipinski definition) is 3. The molecule has 0 aliphatic carbocycles. The van der Waals surface area contributed by atoms with Crippen LogP contribution in [0.3, 0.4) is 0 Å². The van der Waals surface area contributed by atoms with Crippen molar-refractivity contribution in [2.24, 2.45) is 0 Å². The molecule has 0 spiro atoms. The highest BCUT2D eigenvalue weighted by Gasteiger charge is 2.19. The smallest absolute Gasteiger partial charge is 0.243 e. The maximum Gasteiger partial charge on any atom is 0.243 e. The van der Waals surface area contributed by atoms with E-state index in [0.29, 0.717) is 0 Å². The largest absolute Gasteiger partial charge is 0.392 e. The van der Waals surface area contributed by atoms with Crippen LogP contribution in [0.1, 0.15) is 13.8 Å². The first-order chi connectivity index (χ1) is 8.72. The number of carbonyl (C=O) groups is 1. The van der Waals surface area contributed by atoms with Crippen molar-refractivity contribution in [3.63, 3.8) is 0 Å². The SMILES string of the molecule is CC(=O)Nc1ccc(S(=O)(=O)NC[C@H](C)O)c(F)c1. The minimum atomic E-state index is -4.03. The third-order valence-corrected chi connectivity index (χ3v) is 3.57. The molecule has 0 heterocycles. The lowest BCUT2D eigenvalue weighted by Gasteiger charge is -2.10. The molecule has 1 aromatic carbocycles. The molecule has 0 aliphatic rings. The van der Waals surface area contributed by atoms with Gasteiger partial charge in [-0.2, -0.15) is 0 Å². The molecule has 3 N–H and O–H groups in total. The van der Waals surface area contributed by atoms with E-state index < -0.39 is 26.8 Å². The Kier molecular flexibility index (Phi) is 4.98. The topological polar surface area (TPSA) is 95.5 Å². The van der Waals surface area contributed by atoms with Gasteiger partial charge in [0, 0.05) is 19.2 Å². The van der Waals surface area contributed by atoms with Crippen LogP contribution < -0.4 is 10.0 Å². The highest BCUT2D eigenvalue weighted by atomic mass is 32.2. The van der Waals surface area contributed by atoms with E-state index in [1.165, 1.54) is 19.9 Å². The quantitative estimate of drug-likeness (QED) is 0.733. The van der Waals surface area contributed by atoms with Crippen LogP contribution in [-0.4, -0.2) is 32.1 Å². The van der Waals surface area contributed by atoms with Crippen molar-refractivity contribution in [2.45, 2.75) is 24.8 Å². The fourth-order valence-electron chi connectivity index (χ4n) is 1.31. The molecule has 1 aromatic rings. The van der Waals surface area contributed by atoms with Gasteiger partial charge in [-0.05, 0) is 25.1 Å². The second-order valence-electron chi connectivity index (χ2n) is 4.03. The lowest BCUT2D eigenvalue weighted by molar-refractivity contribution is -0.114. The Morgan fingerprint density at radius 3 is 2.58 bits per heavy atom. The summed E-state index contributed by atoms with van der Waals surface area (Å²) >= 11 is 0. The van der Waals surface area contributed by atoms with E-state index in [1.54, 1.807) is 0 Å². The van der Waals surface area contributed by atoms with Crippen molar-refractivity contribution in [3.05, 3.63) is 24.0 Å². The van der Waals surface area contributed by atoms with E-state index in [2.05, 4.69) is 10.0 Å². The number of aliphatic hydroxyl groups excluding tert-OH is 1. The minimum Gasteiger partial charge on any atom is -0.392 e. The summed E-state index contributed by atoms with van der Waals surface area (Å²) in [5, 5.41) is 11.3. The van der Waals surface area contributed by atoms with Gasteiger partial charge in [-0.15, -0.1) is 0 Å². The molecule has 1 atom stereocenters. The van der Waals surface area contributed by atoms with Gasteiger partial charge in [0.1, 0.15) is 10.7 Å². The molecule has 0 saturated heterocycles.